The Morgan fingerprint density at radius 2 is 1.35 bits per heavy atom. The topological polar surface area (TPSA) is 18.5 Å². The van der Waals surface area contributed by atoms with Crippen LogP contribution in [0.3, 0.4) is 0 Å². The Morgan fingerprint density at radius 3 is 1.85 bits per heavy atom. The van der Waals surface area contributed by atoms with Gasteiger partial charge in [-0.25, -0.2) is 0 Å². The summed E-state index contributed by atoms with van der Waals surface area (Å²) in [7, 11) is 2.87. The van der Waals surface area contributed by atoms with Gasteiger partial charge >= 0.3 is 0 Å². The molecule has 3 aromatic rings. The van der Waals surface area contributed by atoms with Gasteiger partial charge in [0.15, 0.2) is 0 Å². The molecule has 0 saturated carbocycles. The predicted octanol–water partition coefficient (Wildman–Crippen LogP) is 6.13. The van der Waals surface area contributed by atoms with E-state index in [1.807, 2.05) is 35.6 Å². The second-order valence-corrected chi connectivity index (χ2v) is 11.3. The van der Waals surface area contributed by atoms with Crippen LogP contribution in [0.1, 0.15) is 4.88 Å². The van der Waals surface area contributed by atoms with Crippen molar-refractivity contribution < 1.29 is 9.47 Å². The summed E-state index contributed by atoms with van der Waals surface area (Å²) in [6.45, 7) is 4.84. The molecule has 136 valence electrons. The summed E-state index contributed by atoms with van der Waals surface area (Å²) in [4.78, 5) is 2.81. The number of methoxy groups -OCH3 is 2. The van der Waals surface area contributed by atoms with E-state index in [-0.39, 0.29) is 0 Å². The van der Waals surface area contributed by atoms with Gasteiger partial charge in [0.1, 0.15) is 11.5 Å². The summed E-state index contributed by atoms with van der Waals surface area (Å²) in [5.41, 5.74) is 3.79. The van der Waals surface area contributed by atoms with Crippen molar-refractivity contribution in [3.63, 3.8) is 0 Å². The van der Waals surface area contributed by atoms with Crippen LogP contribution < -0.4 is 9.47 Å². The zero-order chi connectivity index (χ0) is 18.5. The van der Waals surface area contributed by atoms with Crippen molar-refractivity contribution in [2.24, 2.45) is 0 Å². The van der Waals surface area contributed by atoms with E-state index in [1.54, 1.807) is 14.2 Å². The van der Waals surface area contributed by atoms with Crippen LogP contribution >= 0.6 is 11.3 Å². The third kappa shape index (κ3) is 4.37. The van der Waals surface area contributed by atoms with Crippen LogP contribution in [0, 0.1) is 0 Å². The second-order valence-electron chi connectivity index (χ2n) is 6.85. The molecule has 0 atom stereocenters. The lowest BCUT2D eigenvalue weighted by molar-refractivity contribution is 0.414. The summed E-state index contributed by atoms with van der Waals surface area (Å²) in [6, 6.07) is 20.5. The first-order valence-corrected chi connectivity index (χ1v) is 13.0. The zero-order valence-electron chi connectivity index (χ0n) is 15.9. The minimum atomic E-state index is -0.543. The number of hydrogen-bond donors (Lipinski definition) is 0. The minimum absolute atomic E-state index is 0.543. The first kappa shape index (κ1) is 18.7. The summed E-state index contributed by atoms with van der Waals surface area (Å²) >= 11 is 1.92. The molecular weight excluding hydrogens is 356 g/mol. The fourth-order valence-corrected chi connectivity index (χ4v) is 5.24. The molecule has 0 spiro atoms. The Kier molecular flexibility index (Phi) is 6.17. The lowest BCUT2D eigenvalue weighted by Gasteiger charge is -2.07. The van der Waals surface area contributed by atoms with Gasteiger partial charge in [0.2, 0.25) is 0 Å². The van der Waals surface area contributed by atoms with Crippen LogP contribution in [0.5, 0.6) is 11.5 Å². The number of rotatable bonds is 7. The van der Waals surface area contributed by atoms with Crippen molar-refractivity contribution in [3.05, 3.63) is 59.5 Å². The molecular formula is C22H26O2SSi. The summed E-state index contributed by atoms with van der Waals surface area (Å²) in [6.07, 6.45) is 1.19. The molecule has 0 aliphatic carbocycles. The van der Waals surface area contributed by atoms with E-state index in [1.165, 1.54) is 38.9 Å². The van der Waals surface area contributed by atoms with Gasteiger partial charge in [-0.2, -0.15) is 0 Å². The van der Waals surface area contributed by atoms with Gasteiger partial charge in [0.25, 0.3) is 0 Å². The maximum atomic E-state index is 5.31. The monoisotopic (exact) mass is 382 g/mol. The molecule has 0 radical (unpaired) electrons. The Bertz CT molecular complexity index is 771. The van der Waals surface area contributed by atoms with Gasteiger partial charge in [-0.05, 0) is 60.0 Å². The van der Waals surface area contributed by atoms with E-state index in [2.05, 4.69) is 43.4 Å². The van der Waals surface area contributed by atoms with Crippen LogP contribution in [0.2, 0.25) is 19.1 Å². The van der Waals surface area contributed by atoms with Gasteiger partial charge in [0.05, 0.1) is 14.2 Å². The zero-order valence-corrected chi connectivity index (χ0v) is 17.9. The molecule has 0 N–H and O–H groups in total. The van der Waals surface area contributed by atoms with E-state index >= 15 is 0 Å². The van der Waals surface area contributed by atoms with Crippen molar-refractivity contribution in [1.29, 1.82) is 0 Å². The molecule has 0 bridgehead atoms. The van der Waals surface area contributed by atoms with Gasteiger partial charge < -0.3 is 9.47 Å². The number of hydrogen-bond acceptors (Lipinski definition) is 3. The molecule has 0 amide bonds. The highest BCUT2D eigenvalue weighted by molar-refractivity contribution is 7.16. The third-order valence-corrected chi connectivity index (χ3v) is 7.19. The maximum absolute atomic E-state index is 5.31. The van der Waals surface area contributed by atoms with E-state index < -0.39 is 8.80 Å². The average Bonchev–Trinajstić information content (AvgIpc) is 3.11. The highest BCUT2D eigenvalue weighted by atomic mass is 32.1. The van der Waals surface area contributed by atoms with Crippen molar-refractivity contribution in [2.75, 3.05) is 14.2 Å². The predicted molar refractivity (Wildman–Crippen MR) is 116 cm³/mol. The molecule has 0 aliphatic heterocycles. The molecule has 26 heavy (non-hydrogen) atoms. The third-order valence-electron chi connectivity index (χ3n) is 4.50. The summed E-state index contributed by atoms with van der Waals surface area (Å²) < 4.78 is 10.6. The van der Waals surface area contributed by atoms with Crippen LogP contribution in [0.15, 0.2) is 54.6 Å². The van der Waals surface area contributed by atoms with E-state index in [4.69, 9.17) is 9.47 Å². The number of benzene rings is 2. The molecule has 0 aliphatic rings. The molecule has 0 unspecified atom stereocenters. The fourth-order valence-electron chi connectivity index (χ4n) is 2.94. The number of aryl methyl sites for hydroxylation is 1. The van der Waals surface area contributed by atoms with Crippen molar-refractivity contribution in [2.45, 2.75) is 25.6 Å². The summed E-state index contributed by atoms with van der Waals surface area (Å²) in [5, 5.41) is 0. The van der Waals surface area contributed by atoms with Crippen LogP contribution in [0.4, 0.5) is 0 Å². The van der Waals surface area contributed by atoms with E-state index in [0.717, 1.165) is 11.5 Å². The number of thiophene rings is 1. The van der Waals surface area contributed by atoms with Gasteiger partial charge in [-0.1, -0.05) is 31.3 Å². The smallest absolute Gasteiger partial charge is 0.118 e. The lowest BCUT2D eigenvalue weighted by Crippen LogP contribution is -1.99. The standard InChI is InChI=1S/C22H26O2SSi/c1-23-18-9-5-16(6-10-18)21-15-20(13-14-26(3)4)25-22(21)17-7-11-19(24-2)12-8-17/h5-12,15,26H,13-14H2,1-4H3. The van der Waals surface area contributed by atoms with Gasteiger partial charge in [0, 0.05) is 24.1 Å². The minimum Gasteiger partial charge on any atom is -0.497 e. The number of ether oxygens (including phenoxy) is 2. The van der Waals surface area contributed by atoms with Gasteiger partial charge in [-0.15, -0.1) is 11.3 Å². The normalized spacial score (nSPS) is 11.0. The Labute approximate surface area is 162 Å². The Balaban J connectivity index is 2.01. The lowest BCUT2D eigenvalue weighted by atomic mass is 10.0. The molecule has 4 heteroatoms. The van der Waals surface area contributed by atoms with Crippen molar-refractivity contribution in [3.8, 4) is 33.1 Å². The SMILES string of the molecule is COc1ccc(-c2cc(CC[SiH](C)C)sc2-c2ccc(OC)cc2)cc1. The first-order chi connectivity index (χ1) is 12.6. The van der Waals surface area contributed by atoms with Crippen molar-refractivity contribution in [1.82, 2.24) is 0 Å². The molecule has 3 rings (SSSR count). The van der Waals surface area contributed by atoms with Gasteiger partial charge in [-0.3, -0.25) is 0 Å². The average molecular weight is 383 g/mol. The van der Waals surface area contributed by atoms with Crippen molar-refractivity contribution >= 4 is 20.1 Å². The molecule has 0 saturated heterocycles. The second kappa shape index (κ2) is 8.56. The van der Waals surface area contributed by atoms with Crippen LogP contribution in [0.25, 0.3) is 21.6 Å². The molecule has 2 aromatic carbocycles. The van der Waals surface area contributed by atoms with Crippen LogP contribution in [-0.4, -0.2) is 23.0 Å². The molecule has 1 aromatic heterocycles. The Morgan fingerprint density at radius 1 is 0.808 bits per heavy atom. The highest BCUT2D eigenvalue weighted by Crippen LogP contribution is 2.40. The fraction of sp³-hybridized carbons (Fsp3) is 0.273. The largest absolute Gasteiger partial charge is 0.497 e. The van der Waals surface area contributed by atoms with Crippen LogP contribution in [-0.2, 0) is 6.42 Å². The molecule has 2 nitrogen and oxygen atoms in total. The maximum Gasteiger partial charge on any atom is 0.118 e. The Hall–Kier alpha value is -2.04. The van der Waals surface area contributed by atoms with E-state index in [9.17, 15) is 0 Å². The first-order valence-electron chi connectivity index (χ1n) is 9.02. The molecule has 1 heterocycles. The van der Waals surface area contributed by atoms with E-state index in [0.29, 0.717) is 0 Å². The quantitative estimate of drug-likeness (QED) is 0.458. The summed E-state index contributed by atoms with van der Waals surface area (Å²) in [5.74, 6) is 1.78. The molecule has 0 fully saturated rings. The highest BCUT2D eigenvalue weighted by Gasteiger charge is 2.14.